The fraction of sp³-hybridized carbons (Fsp3) is 1.00. The normalized spacial score (nSPS) is 42.9. The van der Waals surface area contributed by atoms with Crippen molar-refractivity contribution in [3.63, 3.8) is 0 Å². The fourth-order valence-corrected chi connectivity index (χ4v) is 3.10. The van der Waals surface area contributed by atoms with E-state index in [9.17, 15) is 5.11 Å². The molecule has 1 spiro atoms. The summed E-state index contributed by atoms with van der Waals surface area (Å²) >= 11 is 0. The third-order valence-electron chi connectivity index (χ3n) is 4.08. The Balaban J connectivity index is 1.63. The average Bonchev–Trinajstić information content (AvgIpc) is 2.87. The van der Waals surface area contributed by atoms with Crippen LogP contribution in [0.4, 0.5) is 0 Å². The van der Waals surface area contributed by atoms with Crippen molar-refractivity contribution in [2.24, 2.45) is 5.92 Å². The molecule has 3 atom stereocenters. The van der Waals surface area contributed by atoms with E-state index in [-0.39, 0.29) is 17.8 Å². The van der Waals surface area contributed by atoms with E-state index in [1.54, 1.807) is 0 Å². The Hall–Kier alpha value is -0.160. The van der Waals surface area contributed by atoms with Gasteiger partial charge in [0.1, 0.15) is 0 Å². The Kier molecular flexibility index (Phi) is 2.92. The zero-order chi connectivity index (χ0) is 11.0. The van der Waals surface area contributed by atoms with Crippen LogP contribution in [0.25, 0.3) is 0 Å². The zero-order valence-electron chi connectivity index (χ0n) is 9.56. The predicted molar refractivity (Wildman–Crippen MR) is 56.7 cm³/mol. The van der Waals surface area contributed by atoms with Crippen molar-refractivity contribution >= 4 is 0 Å². The molecule has 92 valence electrons. The van der Waals surface area contributed by atoms with Gasteiger partial charge in [0.15, 0.2) is 12.1 Å². The van der Waals surface area contributed by atoms with Gasteiger partial charge in [-0.15, -0.1) is 0 Å². The zero-order valence-corrected chi connectivity index (χ0v) is 9.56. The minimum absolute atomic E-state index is 0.0237. The molecule has 0 aromatic heterocycles. The molecule has 0 bridgehead atoms. The standard InChI is InChI=1S/C12H20O4/c13-11-9(4-7-14-11)10-8-15-12(16-10)5-2-1-3-6-12/h9-11,13H,1-8H2/t9-,10+,11?/m0/s1. The van der Waals surface area contributed by atoms with Crippen LogP contribution in [0, 0.1) is 5.92 Å². The van der Waals surface area contributed by atoms with Crippen molar-refractivity contribution in [3.05, 3.63) is 0 Å². The molecular formula is C12H20O4. The molecule has 2 saturated heterocycles. The van der Waals surface area contributed by atoms with E-state index >= 15 is 0 Å². The molecule has 0 aromatic carbocycles. The van der Waals surface area contributed by atoms with Gasteiger partial charge in [-0.25, -0.2) is 0 Å². The summed E-state index contributed by atoms with van der Waals surface area (Å²) in [7, 11) is 0. The molecule has 1 N–H and O–H groups in total. The molecule has 1 aliphatic carbocycles. The molecule has 2 heterocycles. The van der Waals surface area contributed by atoms with Gasteiger partial charge >= 0.3 is 0 Å². The Bertz CT molecular complexity index is 249. The Morgan fingerprint density at radius 3 is 2.62 bits per heavy atom. The van der Waals surface area contributed by atoms with Crippen molar-refractivity contribution in [3.8, 4) is 0 Å². The Morgan fingerprint density at radius 2 is 1.94 bits per heavy atom. The SMILES string of the molecule is OC1OCC[C@H]1[C@H]1COC2(CCCCC2)O1. The topological polar surface area (TPSA) is 47.9 Å². The van der Waals surface area contributed by atoms with Crippen LogP contribution < -0.4 is 0 Å². The summed E-state index contributed by atoms with van der Waals surface area (Å²) in [5, 5.41) is 9.68. The van der Waals surface area contributed by atoms with E-state index in [2.05, 4.69) is 0 Å². The van der Waals surface area contributed by atoms with Crippen LogP contribution in [0.3, 0.4) is 0 Å². The van der Waals surface area contributed by atoms with Gasteiger partial charge in [0.05, 0.1) is 19.3 Å². The van der Waals surface area contributed by atoms with E-state index in [0.29, 0.717) is 13.2 Å². The number of ether oxygens (including phenoxy) is 3. The van der Waals surface area contributed by atoms with Crippen LogP contribution in [-0.2, 0) is 14.2 Å². The van der Waals surface area contributed by atoms with Crippen molar-refractivity contribution in [1.82, 2.24) is 0 Å². The number of hydrogen-bond acceptors (Lipinski definition) is 4. The monoisotopic (exact) mass is 228 g/mol. The largest absolute Gasteiger partial charge is 0.368 e. The molecular weight excluding hydrogens is 208 g/mol. The van der Waals surface area contributed by atoms with Gasteiger partial charge in [0, 0.05) is 18.8 Å². The first-order chi connectivity index (χ1) is 7.79. The first-order valence-electron chi connectivity index (χ1n) is 6.41. The van der Waals surface area contributed by atoms with Crippen LogP contribution in [0.5, 0.6) is 0 Å². The highest BCUT2D eigenvalue weighted by Crippen LogP contribution is 2.41. The van der Waals surface area contributed by atoms with Gasteiger partial charge in [0.25, 0.3) is 0 Å². The van der Waals surface area contributed by atoms with Gasteiger partial charge in [-0.1, -0.05) is 6.42 Å². The van der Waals surface area contributed by atoms with Crippen molar-refractivity contribution in [2.75, 3.05) is 13.2 Å². The predicted octanol–water partition coefficient (Wildman–Crippen LogP) is 1.42. The minimum Gasteiger partial charge on any atom is -0.368 e. The van der Waals surface area contributed by atoms with E-state index < -0.39 is 6.29 Å². The maximum absolute atomic E-state index is 9.68. The molecule has 3 fully saturated rings. The maximum Gasteiger partial charge on any atom is 0.168 e. The van der Waals surface area contributed by atoms with Crippen LogP contribution in [-0.4, -0.2) is 36.5 Å². The van der Waals surface area contributed by atoms with Gasteiger partial charge in [-0.05, 0) is 19.3 Å². The Morgan fingerprint density at radius 1 is 1.12 bits per heavy atom. The summed E-state index contributed by atoms with van der Waals surface area (Å²) in [6.07, 6.45) is 5.93. The second-order valence-electron chi connectivity index (χ2n) is 5.15. The molecule has 0 aromatic rings. The van der Waals surface area contributed by atoms with E-state index in [1.807, 2.05) is 0 Å². The lowest BCUT2D eigenvalue weighted by atomic mass is 9.94. The summed E-state index contributed by atoms with van der Waals surface area (Å²) in [4.78, 5) is 0. The molecule has 3 aliphatic rings. The second-order valence-corrected chi connectivity index (χ2v) is 5.15. The average molecular weight is 228 g/mol. The summed E-state index contributed by atoms with van der Waals surface area (Å²) < 4.78 is 17.1. The second kappa shape index (κ2) is 4.26. The van der Waals surface area contributed by atoms with Crippen molar-refractivity contribution < 1.29 is 19.3 Å². The van der Waals surface area contributed by atoms with Crippen LogP contribution >= 0.6 is 0 Å². The van der Waals surface area contributed by atoms with E-state index in [1.165, 1.54) is 19.3 Å². The molecule has 2 aliphatic heterocycles. The minimum atomic E-state index is -0.660. The third-order valence-corrected chi connectivity index (χ3v) is 4.08. The smallest absolute Gasteiger partial charge is 0.168 e. The number of aliphatic hydroxyl groups excluding tert-OH is 1. The molecule has 16 heavy (non-hydrogen) atoms. The lowest BCUT2D eigenvalue weighted by molar-refractivity contribution is -0.199. The number of rotatable bonds is 1. The van der Waals surface area contributed by atoms with Gasteiger partial charge in [-0.2, -0.15) is 0 Å². The number of aliphatic hydroxyl groups is 1. The van der Waals surface area contributed by atoms with E-state index in [0.717, 1.165) is 19.3 Å². The lowest BCUT2D eigenvalue weighted by Crippen LogP contribution is -2.36. The van der Waals surface area contributed by atoms with Crippen LogP contribution in [0.15, 0.2) is 0 Å². The fourth-order valence-electron chi connectivity index (χ4n) is 3.10. The summed E-state index contributed by atoms with van der Waals surface area (Å²) in [5.74, 6) is -0.230. The highest BCUT2D eigenvalue weighted by Gasteiger charge is 2.47. The quantitative estimate of drug-likeness (QED) is 0.737. The molecule has 0 radical (unpaired) electrons. The van der Waals surface area contributed by atoms with Gasteiger partial charge in [0.2, 0.25) is 0 Å². The van der Waals surface area contributed by atoms with Crippen molar-refractivity contribution in [2.45, 2.75) is 56.7 Å². The summed E-state index contributed by atoms with van der Waals surface area (Å²) in [6.45, 7) is 1.25. The van der Waals surface area contributed by atoms with Crippen molar-refractivity contribution in [1.29, 1.82) is 0 Å². The molecule has 1 unspecified atom stereocenters. The van der Waals surface area contributed by atoms with Crippen LogP contribution in [0.1, 0.15) is 38.5 Å². The first kappa shape index (κ1) is 11.0. The Labute approximate surface area is 95.9 Å². The number of hydrogen-bond donors (Lipinski definition) is 1. The summed E-state index contributed by atoms with van der Waals surface area (Å²) in [6, 6.07) is 0. The molecule has 3 rings (SSSR count). The van der Waals surface area contributed by atoms with E-state index in [4.69, 9.17) is 14.2 Å². The molecule has 4 heteroatoms. The molecule has 1 saturated carbocycles. The first-order valence-corrected chi connectivity index (χ1v) is 6.41. The molecule has 0 amide bonds. The van der Waals surface area contributed by atoms with Gasteiger partial charge in [-0.3, -0.25) is 0 Å². The summed E-state index contributed by atoms with van der Waals surface area (Å²) in [5.41, 5.74) is 0. The third kappa shape index (κ3) is 1.88. The lowest BCUT2D eigenvalue weighted by Gasteiger charge is -2.32. The van der Waals surface area contributed by atoms with Crippen LogP contribution in [0.2, 0.25) is 0 Å². The molecule has 4 nitrogen and oxygen atoms in total. The highest BCUT2D eigenvalue weighted by molar-refractivity contribution is 4.87. The van der Waals surface area contributed by atoms with Gasteiger partial charge < -0.3 is 19.3 Å². The maximum atomic E-state index is 9.68. The highest BCUT2D eigenvalue weighted by atomic mass is 16.7.